The van der Waals surface area contributed by atoms with Crippen LogP contribution in [0.4, 0.5) is 4.39 Å². The van der Waals surface area contributed by atoms with Crippen molar-refractivity contribution < 1.29 is 19.3 Å². The minimum atomic E-state index is -1.45. The molecular weight excluding hydrogens is 207 g/mol. The standard InChI is InChI=1S/C5H8BrFO3/c6-5-3(7)4(9)2(1-8)10-5/h2-5,8-9H,1H2/t2?,3?,4-,5?/m1/s1. The summed E-state index contributed by atoms with van der Waals surface area (Å²) in [5.41, 5.74) is 0. The highest BCUT2D eigenvalue weighted by Gasteiger charge is 2.42. The van der Waals surface area contributed by atoms with Crippen molar-refractivity contribution in [3.63, 3.8) is 0 Å². The smallest absolute Gasteiger partial charge is 0.164 e. The summed E-state index contributed by atoms with van der Waals surface area (Å²) in [5.74, 6) is 0. The van der Waals surface area contributed by atoms with Crippen LogP contribution >= 0.6 is 15.9 Å². The molecule has 0 radical (unpaired) electrons. The third kappa shape index (κ3) is 1.32. The molecule has 1 aliphatic rings. The molecule has 4 atom stereocenters. The van der Waals surface area contributed by atoms with Gasteiger partial charge in [0.25, 0.3) is 0 Å². The highest BCUT2D eigenvalue weighted by Crippen LogP contribution is 2.27. The molecule has 2 N–H and O–H groups in total. The first-order chi connectivity index (χ1) is 4.66. The van der Waals surface area contributed by atoms with E-state index in [4.69, 9.17) is 14.9 Å². The Morgan fingerprint density at radius 1 is 1.60 bits per heavy atom. The minimum absolute atomic E-state index is 0.357. The lowest BCUT2D eigenvalue weighted by atomic mass is 10.2. The molecule has 1 rings (SSSR count). The molecule has 0 saturated carbocycles. The number of ether oxygens (including phenoxy) is 1. The molecule has 0 spiro atoms. The number of rotatable bonds is 1. The van der Waals surface area contributed by atoms with Gasteiger partial charge in [0.1, 0.15) is 17.2 Å². The second kappa shape index (κ2) is 3.13. The van der Waals surface area contributed by atoms with Crippen molar-refractivity contribution in [1.29, 1.82) is 0 Å². The fourth-order valence-corrected chi connectivity index (χ4v) is 1.42. The lowest BCUT2D eigenvalue weighted by Gasteiger charge is -2.08. The summed E-state index contributed by atoms with van der Waals surface area (Å²) in [6.07, 6.45) is -3.45. The first kappa shape index (κ1) is 8.39. The SMILES string of the molecule is OCC1OC(Br)C(F)[C@@H]1O. The van der Waals surface area contributed by atoms with Crippen LogP contribution in [-0.2, 0) is 4.74 Å². The van der Waals surface area contributed by atoms with Crippen LogP contribution in [0.15, 0.2) is 0 Å². The summed E-state index contributed by atoms with van der Waals surface area (Å²) in [5, 5.41) is 16.6. The molecule has 0 aromatic rings. The van der Waals surface area contributed by atoms with Crippen LogP contribution in [0.5, 0.6) is 0 Å². The maximum Gasteiger partial charge on any atom is 0.164 e. The number of alkyl halides is 2. The van der Waals surface area contributed by atoms with Crippen LogP contribution < -0.4 is 0 Å². The van der Waals surface area contributed by atoms with Crippen molar-refractivity contribution in [2.75, 3.05) is 6.61 Å². The first-order valence-electron chi connectivity index (χ1n) is 2.89. The molecule has 0 bridgehead atoms. The maximum absolute atomic E-state index is 12.6. The van der Waals surface area contributed by atoms with Crippen molar-refractivity contribution >= 4 is 15.9 Å². The van der Waals surface area contributed by atoms with E-state index >= 15 is 0 Å². The molecule has 1 heterocycles. The molecule has 1 saturated heterocycles. The van der Waals surface area contributed by atoms with E-state index in [0.29, 0.717) is 0 Å². The van der Waals surface area contributed by atoms with E-state index in [-0.39, 0.29) is 6.61 Å². The lowest BCUT2D eigenvalue weighted by molar-refractivity contribution is -0.00348. The fourth-order valence-electron chi connectivity index (χ4n) is 0.834. The van der Waals surface area contributed by atoms with Crippen LogP contribution in [0.3, 0.4) is 0 Å². The van der Waals surface area contributed by atoms with Gasteiger partial charge in [0.15, 0.2) is 6.17 Å². The van der Waals surface area contributed by atoms with E-state index in [1.807, 2.05) is 0 Å². The number of hydrogen-bond acceptors (Lipinski definition) is 3. The van der Waals surface area contributed by atoms with Crippen LogP contribution in [0.25, 0.3) is 0 Å². The fraction of sp³-hybridized carbons (Fsp3) is 1.00. The highest BCUT2D eigenvalue weighted by atomic mass is 79.9. The molecule has 0 aromatic carbocycles. The topological polar surface area (TPSA) is 49.7 Å². The van der Waals surface area contributed by atoms with Crippen molar-refractivity contribution in [2.24, 2.45) is 0 Å². The summed E-state index contributed by atoms with van der Waals surface area (Å²) in [6.45, 7) is -0.357. The molecule has 10 heavy (non-hydrogen) atoms. The van der Waals surface area contributed by atoms with Gasteiger partial charge in [-0.2, -0.15) is 0 Å². The van der Waals surface area contributed by atoms with Gasteiger partial charge < -0.3 is 14.9 Å². The molecule has 60 valence electrons. The number of halogens is 2. The van der Waals surface area contributed by atoms with Gasteiger partial charge in [-0.1, -0.05) is 15.9 Å². The van der Waals surface area contributed by atoms with E-state index in [9.17, 15) is 4.39 Å². The quantitative estimate of drug-likeness (QED) is 0.595. The monoisotopic (exact) mass is 214 g/mol. The average Bonchev–Trinajstić information content (AvgIpc) is 2.17. The molecule has 1 fully saturated rings. The Kier molecular flexibility index (Phi) is 2.62. The van der Waals surface area contributed by atoms with Crippen LogP contribution in [-0.4, -0.2) is 40.2 Å². The summed E-state index contributed by atoms with van der Waals surface area (Å²) >= 11 is 2.86. The van der Waals surface area contributed by atoms with Gasteiger partial charge in [-0.05, 0) is 0 Å². The Hall–Kier alpha value is 0.290. The molecule has 3 nitrogen and oxygen atoms in total. The zero-order chi connectivity index (χ0) is 7.72. The van der Waals surface area contributed by atoms with Crippen LogP contribution in [0, 0.1) is 0 Å². The van der Waals surface area contributed by atoms with Crippen molar-refractivity contribution in [2.45, 2.75) is 23.4 Å². The molecular formula is C5H8BrFO3. The molecule has 5 heteroatoms. The predicted octanol–water partition coefficient (Wildman–Crippen LogP) is -0.203. The number of hydrogen-bond donors (Lipinski definition) is 2. The largest absolute Gasteiger partial charge is 0.394 e. The molecule has 0 amide bonds. The minimum Gasteiger partial charge on any atom is -0.394 e. The Labute approximate surface area is 65.9 Å². The van der Waals surface area contributed by atoms with E-state index in [0.717, 1.165) is 0 Å². The average molecular weight is 215 g/mol. The highest BCUT2D eigenvalue weighted by molar-refractivity contribution is 9.09. The molecule has 3 unspecified atom stereocenters. The van der Waals surface area contributed by atoms with Crippen molar-refractivity contribution in [3.8, 4) is 0 Å². The van der Waals surface area contributed by atoms with E-state index < -0.39 is 23.4 Å². The Balaban J connectivity index is 2.53. The van der Waals surface area contributed by atoms with Gasteiger partial charge in [-0.25, -0.2) is 4.39 Å². The second-order valence-corrected chi connectivity index (χ2v) is 3.05. The maximum atomic E-state index is 12.6. The van der Waals surface area contributed by atoms with Gasteiger partial charge in [-0.3, -0.25) is 0 Å². The zero-order valence-electron chi connectivity index (χ0n) is 5.08. The van der Waals surface area contributed by atoms with Gasteiger partial charge >= 0.3 is 0 Å². The summed E-state index contributed by atoms with van der Waals surface area (Å²) in [4.78, 5) is 0. The first-order valence-corrected chi connectivity index (χ1v) is 3.81. The van der Waals surface area contributed by atoms with Crippen molar-refractivity contribution in [1.82, 2.24) is 0 Å². The van der Waals surface area contributed by atoms with Crippen LogP contribution in [0.1, 0.15) is 0 Å². The molecule has 0 aromatic heterocycles. The Morgan fingerprint density at radius 3 is 2.40 bits per heavy atom. The third-order valence-corrected chi connectivity index (χ3v) is 2.16. The predicted molar refractivity (Wildman–Crippen MR) is 35.6 cm³/mol. The summed E-state index contributed by atoms with van der Waals surface area (Å²) in [6, 6.07) is 0. The normalized spacial score (nSPS) is 48.0. The van der Waals surface area contributed by atoms with Crippen molar-refractivity contribution in [3.05, 3.63) is 0 Å². The molecule has 1 aliphatic heterocycles. The van der Waals surface area contributed by atoms with E-state index in [1.165, 1.54) is 0 Å². The third-order valence-electron chi connectivity index (χ3n) is 1.44. The number of aliphatic hydroxyl groups is 2. The molecule has 0 aliphatic carbocycles. The summed E-state index contributed by atoms with van der Waals surface area (Å²) in [7, 11) is 0. The van der Waals surface area contributed by atoms with Gasteiger partial charge in [-0.15, -0.1) is 0 Å². The van der Waals surface area contributed by atoms with Gasteiger partial charge in [0, 0.05) is 0 Å². The Bertz CT molecular complexity index is 123. The zero-order valence-corrected chi connectivity index (χ0v) is 6.66. The number of aliphatic hydroxyl groups excluding tert-OH is 2. The lowest BCUT2D eigenvalue weighted by Crippen LogP contribution is -2.30. The second-order valence-electron chi connectivity index (χ2n) is 2.14. The van der Waals surface area contributed by atoms with E-state index in [2.05, 4.69) is 15.9 Å². The van der Waals surface area contributed by atoms with E-state index in [1.54, 1.807) is 0 Å². The van der Waals surface area contributed by atoms with Gasteiger partial charge in [0.2, 0.25) is 0 Å². The van der Waals surface area contributed by atoms with Crippen LogP contribution in [0.2, 0.25) is 0 Å². The van der Waals surface area contributed by atoms with Gasteiger partial charge in [0.05, 0.1) is 6.61 Å². The summed E-state index contributed by atoms with van der Waals surface area (Å²) < 4.78 is 17.4. The Morgan fingerprint density at radius 2 is 2.20 bits per heavy atom.